The summed E-state index contributed by atoms with van der Waals surface area (Å²) in [5, 5.41) is 12.8. The van der Waals surface area contributed by atoms with Crippen LogP contribution < -0.4 is 5.32 Å². The maximum absolute atomic E-state index is 9.44. The van der Waals surface area contributed by atoms with Crippen molar-refractivity contribution in [1.29, 1.82) is 0 Å². The molecule has 0 unspecified atom stereocenters. The molecule has 1 heterocycles. The second kappa shape index (κ2) is 8.13. The van der Waals surface area contributed by atoms with Crippen LogP contribution >= 0.6 is 0 Å². The third-order valence-electron chi connectivity index (χ3n) is 3.86. The van der Waals surface area contributed by atoms with Gasteiger partial charge in [-0.3, -0.25) is 0 Å². The number of aliphatic hydroxyl groups is 1. The van der Waals surface area contributed by atoms with Crippen LogP contribution in [0.2, 0.25) is 0 Å². The summed E-state index contributed by atoms with van der Waals surface area (Å²) in [6, 6.07) is 0. The summed E-state index contributed by atoms with van der Waals surface area (Å²) in [5.74, 6) is 0.507. The largest absolute Gasteiger partial charge is 0.396 e. The summed E-state index contributed by atoms with van der Waals surface area (Å²) in [6.07, 6.45) is 4.79. The number of nitrogens with zero attached hydrogens (tertiary/aromatic N) is 1. The Hall–Kier alpha value is -0.120. The van der Waals surface area contributed by atoms with E-state index in [0.717, 1.165) is 13.1 Å². The fourth-order valence-corrected chi connectivity index (χ4v) is 2.50. The molecule has 0 amide bonds. The monoisotopic (exact) mass is 256 g/mol. The van der Waals surface area contributed by atoms with Crippen molar-refractivity contribution in [3.8, 4) is 0 Å². The van der Waals surface area contributed by atoms with Crippen molar-refractivity contribution in [2.24, 2.45) is 11.3 Å². The van der Waals surface area contributed by atoms with Gasteiger partial charge in [0.15, 0.2) is 0 Å². The van der Waals surface area contributed by atoms with Gasteiger partial charge in [-0.15, -0.1) is 0 Å². The van der Waals surface area contributed by atoms with Crippen molar-refractivity contribution in [2.75, 3.05) is 39.3 Å². The van der Waals surface area contributed by atoms with E-state index in [-0.39, 0.29) is 0 Å². The highest BCUT2D eigenvalue weighted by Crippen LogP contribution is 2.25. The molecule has 108 valence electrons. The molecule has 1 saturated heterocycles. The first-order chi connectivity index (χ1) is 8.51. The zero-order chi connectivity index (χ0) is 13.4. The van der Waals surface area contributed by atoms with E-state index in [4.69, 9.17) is 0 Å². The molecular weight excluding hydrogens is 224 g/mol. The maximum Gasteiger partial charge on any atom is 0.0459 e. The second-order valence-electron chi connectivity index (χ2n) is 6.88. The van der Waals surface area contributed by atoms with Crippen LogP contribution in [-0.2, 0) is 0 Å². The first kappa shape index (κ1) is 15.9. The zero-order valence-corrected chi connectivity index (χ0v) is 12.5. The molecule has 1 aliphatic heterocycles. The summed E-state index contributed by atoms with van der Waals surface area (Å²) < 4.78 is 0. The molecule has 0 radical (unpaired) electrons. The molecule has 2 N–H and O–H groups in total. The predicted molar refractivity (Wildman–Crippen MR) is 77.8 cm³/mol. The summed E-state index contributed by atoms with van der Waals surface area (Å²) in [4.78, 5) is 2.54. The van der Waals surface area contributed by atoms with Crippen LogP contribution in [-0.4, -0.2) is 49.3 Å². The summed E-state index contributed by atoms with van der Waals surface area (Å²) in [6.45, 7) is 13.0. The molecule has 3 heteroatoms. The van der Waals surface area contributed by atoms with Gasteiger partial charge in [0, 0.05) is 32.8 Å². The molecule has 0 aliphatic carbocycles. The van der Waals surface area contributed by atoms with Gasteiger partial charge in [0.1, 0.15) is 0 Å². The fourth-order valence-electron chi connectivity index (χ4n) is 2.50. The van der Waals surface area contributed by atoms with Crippen molar-refractivity contribution in [2.45, 2.75) is 46.5 Å². The number of nitrogens with one attached hydrogen (secondary N) is 1. The average Bonchev–Trinajstić information content (AvgIpc) is 2.33. The minimum atomic E-state index is 0.359. The molecule has 0 bridgehead atoms. The highest BCUT2D eigenvalue weighted by atomic mass is 16.3. The van der Waals surface area contributed by atoms with Crippen LogP contribution in [0.15, 0.2) is 0 Å². The molecule has 0 spiro atoms. The minimum absolute atomic E-state index is 0.359. The highest BCUT2D eigenvalue weighted by molar-refractivity contribution is 4.70. The lowest BCUT2D eigenvalue weighted by atomic mass is 9.85. The average molecular weight is 256 g/mol. The third-order valence-corrected chi connectivity index (χ3v) is 3.86. The molecule has 3 nitrogen and oxygen atoms in total. The Labute approximate surface area is 113 Å². The number of rotatable bonds is 7. The maximum atomic E-state index is 9.44. The van der Waals surface area contributed by atoms with Crippen LogP contribution in [0.25, 0.3) is 0 Å². The second-order valence-corrected chi connectivity index (χ2v) is 6.88. The van der Waals surface area contributed by atoms with Gasteiger partial charge in [-0.05, 0) is 43.6 Å². The van der Waals surface area contributed by atoms with E-state index in [2.05, 4.69) is 31.0 Å². The zero-order valence-electron chi connectivity index (χ0n) is 12.5. The molecule has 1 aliphatic rings. The van der Waals surface area contributed by atoms with Gasteiger partial charge < -0.3 is 15.3 Å². The fraction of sp³-hybridized carbons (Fsp3) is 1.00. The van der Waals surface area contributed by atoms with E-state index in [1.807, 2.05) is 0 Å². The molecule has 1 fully saturated rings. The van der Waals surface area contributed by atoms with E-state index in [1.54, 1.807) is 0 Å². The van der Waals surface area contributed by atoms with E-state index in [1.165, 1.54) is 45.3 Å². The third kappa shape index (κ3) is 7.34. The summed E-state index contributed by atoms with van der Waals surface area (Å²) in [7, 11) is 0. The van der Waals surface area contributed by atoms with Gasteiger partial charge in [-0.1, -0.05) is 20.8 Å². The Bertz CT molecular complexity index is 207. The molecule has 1 atom stereocenters. The van der Waals surface area contributed by atoms with Crippen LogP contribution in [0.4, 0.5) is 0 Å². The molecule has 0 saturated carbocycles. The number of piperazine rings is 1. The Morgan fingerprint density at radius 1 is 1.17 bits per heavy atom. The van der Waals surface area contributed by atoms with Gasteiger partial charge in [0.2, 0.25) is 0 Å². The van der Waals surface area contributed by atoms with E-state index in [9.17, 15) is 5.11 Å². The standard InChI is InChI=1S/C15H32N2O/c1-15(2,3)7-6-14(13-18)5-4-10-17-11-8-16-9-12-17/h14,16,18H,4-13H2,1-3H3/t14-/m0/s1. The quantitative estimate of drug-likeness (QED) is 0.732. The van der Waals surface area contributed by atoms with Gasteiger partial charge in [0.05, 0.1) is 0 Å². The number of hydrogen-bond acceptors (Lipinski definition) is 3. The van der Waals surface area contributed by atoms with E-state index < -0.39 is 0 Å². The van der Waals surface area contributed by atoms with Crippen molar-refractivity contribution >= 4 is 0 Å². The highest BCUT2D eigenvalue weighted by Gasteiger charge is 2.15. The van der Waals surface area contributed by atoms with Gasteiger partial charge >= 0.3 is 0 Å². The lowest BCUT2D eigenvalue weighted by Crippen LogP contribution is -2.43. The Morgan fingerprint density at radius 2 is 1.83 bits per heavy atom. The van der Waals surface area contributed by atoms with Crippen molar-refractivity contribution < 1.29 is 5.11 Å². The van der Waals surface area contributed by atoms with Gasteiger partial charge in [-0.25, -0.2) is 0 Å². The smallest absolute Gasteiger partial charge is 0.0459 e. The molecule has 0 aromatic carbocycles. The number of hydrogen-bond donors (Lipinski definition) is 2. The predicted octanol–water partition coefficient (Wildman–Crippen LogP) is 2.11. The van der Waals surface area contributed by atoms with Gasteiger partial charge in [-0.2, -0.15) is 0 Å². The van der Waals surface area contributed by atoms with E-state index in [0.29, 0.717) is 17.9 Å². The Morgan fingerprint density at radius 3 is 2.39 bits per heavy atom. The van der Waals surface area contributed by atoms with Crippen molar-refractivity contribution in [3.63, 3.8) is 0 Å². The lowest BCUT2D eigenvalue weighted by Gasteiger charge is -2.28. The normalized spacial score (nSPS) is 20.0. The van der Waals surface area contributed by atoms with E-state index >= 15 is 0 Å². The van der Waals surface area contributed by atoms with Crippen LogP contribution in [0.3, 0.4) is 0 Å². The topological polar surface area (TPSA) is 35.5 Å². The summed E-state index contributed by atoms with van der Waals surface area (Å²) in [5.41, 5.74) is 0.395. The Balaban J connectivity index is 2.10. The minimum Gasteiger partial charge on any atom is -0.396 e. The van der Waals surface area contributed by atoms with Crippen molar-refractivity contribution in [1.82, 2.24) is 10.2 Å². The Kier molecular flexibility index (Phi) is 7.20. The lowest BCUT2D eigenvalue weighted by molar-refractivity contribution is 0.178. The number of aliphatic hydroxyl groups excluding tert-OH is 1. The molecule has 1 rings (SSSR count). The van der Waals surface area contributed by atoms with Crippen LogP contribution in [0, 0.1) is 11.3 Å². The van der Waals surface area contributed by atoms with Crippen LogP contribution in [0.1, 0.15) is 46.5 Å². The van der Waals surface area contributed by atoms with Crippen LogP contribution in [0.5, 0.6) is 0 Å². The molecule has 0 aromatic heterocycles. The SMILES string of the molecule is CC(C)(C)CC[C@@H](CO)CCCN1CCNCC1. The van der Waals surface area contributed by atoms with Gasteiger partial charge in [0.25, 0.3) is 0 Å². The van der Waals surface area contributed by atoms with Crippen molar-refractivity contribution in [3.05, 3.63) is 0 Å². The molecule has 18 heavy (non-hydrogen) atoms. The molecule has 0 aromatic rings. The summed E-state index contributed by atoms with van der Waals surface area (Å²) >= 11 is 0. The first-order valence-electron chi connectivity index (χ1n) is 7.55. The molecular formula is C15H32N2O. The first-order valence-corrected chi connectivity index (χ1v) is 7.55.